The average Bonchev–Trinajstić information content (AvgIpc) is 2.70. The highest BCUT2D eigenvalue weighted by atomic mass is 16.2. The topological polar surface area (TPSA) is 23.6 Å². The van der Waals surface area contributed by atoms with Crippen LogP contribution in [0.4, 0.5) is 0 Å². The van der Waals surface area contributed by atoms with E-state index in [4.69, 9.17) is 0 Å². The van der Waals surface area contributed by atoms with Crippen molar-refractivity contribution in [3.8, 4) is 0 Å². The predicted octanol–water partition coefficient (Wildman–Crippen LogP) is 2.49. The third-order valence-corrected chi connectivity index (χ3v) is 3.68. The highest BCUT2D eigenvalue weighted by molar-refractivity contribution is 5.82. The highest BCUT2D eigenvalue weighted by Crippen LogP contribution is 2.22. The van der Waals surface area contributed by atoms with Crippen LogP contribution in [-0.4, -0.2) is 40.9 Å². The largest absolute Gasteiger partial charge is 0.366 e. The van der Waals surface area contributed by atoms with Gasteiger partial charge in [0, 0.05) is 19.1 Å². The molecule has 1 saturated heterocycles. The maximum Gasteiger partial charge on any atom is 0.245 e. The summed E-state index contributed by atoms with van der Waals surface area (Å²) in [7, 11) is 0. The van der Waals surface area contributed by atoms with E-state index in [1.807, 2.05) is 4.90 Å². The summed E-state index contributed by atoms with van der Waals surface area (Å²) in [6.07, 6.45) is 4.07. The molecule has 0 aromatic carbocycles. The molecule has 3 heteroatoms. The second-order valence-electron chi connectivity index (χ2n) is 5.22. The van der Waals surface area contributed by atoms with Crippen LogP contribution in [0.5, 0.6) is 0 Å². The summed E-state index contributed by atoms with van der Waals surface area (Å²) >= 11 is 0. The van der Waals surface area contributed by atoms with Crippen molar-refractivity contribution in [3.63, 3.8) is 0 Å². The van der Waals surface area contributed by atoms with Gasteiger partial charge in [-0.15, -0.1) is 0 Å². The number of hydrogen-bond donors (Lipinski definition) is 0. The molecule has 98 valence electrons. The van der Waals surface area contributed by atoms with Gasteiger partial charge in [0.1, 0.15) is 6.04 Å². The third kappa shape index (κ3) is 3.02. The van der Waals surface area contributed by atoms with Crippen molar-refractivity contribution in [2.75, 3.05) is 13.1 Å². The minimum atomic E-state index is -0.0574. The highest BCUT2D eigenvalue weighted by Gasteiger charge is 2.34. The number of nitrogens with zero attached hydrogens (tertiary/aromatic N) is 2. The fourth-order valence-electron chi connectivity index (χ4n) is 2.68. The molecule has 1 fully saturated rings. The Balaban J connectivity index is 2.83. The molecular weight excluding hydrogens is 212 g/mol. The summed E-state index contributed by atoms with van der Waals surface area (Å²) in [6.45, 7) is 14.0. The number of likely N-dealkylation sites (tertiary alicyclic amines) is 1. The Labute approximate surface area is 105 Å². The van der Waals surface area contributed by atoms with Crippen molar-refractivity contribution >= 4 is 5.91 Å². The Bertz CT molecular complexity index is 275. The van der Waals surface area contributed by atoms with Crippen LogP contribution in [0.1, 0.15) is 40.5 Å². The summed E-state index contributed by atoms with van der Waals surface area (Å²) in [5.74, 6) is 0.583. The lowest BCUT2D eigenvalue weighted by atomic mass is 10.0. The first-order chi connectivity index (χ1) is 8.02. The van der Waals surface area contributed by atoms with Gasteiger partial charge in [0.25, 0.3) is 0 Å². The predicted molar refractivity (Wildman–Crippen MR) is 71.6 cm³/mol. The second-order valence-corrected chi connectivity index (χ2v) is 5.22. The lowest BCUT2D eigenvalue weighted by molar-refractivity contribution is -0.138. The molecular formula is C14H26N2O. The Morgan fingerprint density at radius 1 is 1.59 bits per heavy atom. The number of hydrogen-bond acceptors (Lipinski definition) is 2. The Hall–Kier alpha value is -0.990. The molecule has 0 radical (unpaired) electrons. The zero-order valence-electron chi connectivity index (χ0n) is 11.6. The van der Waals surface area contributed by atoms with E-state index in [-0.39, 0.29) is 11.9 Å². The smallest absolute Gasteiger partial charge is 0.245 e. The molecule has 0 aromatic rings. The number of amides is 1. The fourth-order valence-corrected chi connectivity index (χ4v) is 2.68. The lowest BCUT2D eigenvalue weighted by Crippen LogP contribution is -2.50. The first-order valence-electron chi connectivity index (χ1n) is 6.71. The quantitative estimate of drug-likeness (QED) is 0.734. The molecule has 1 aliphatic rings. The summed E-state index contributed by atoms with van der Waals surface area (Å²) in [5, 5.41) is 0. The fraction of sp³-hybridized carbons (Fsp3) is 0.786. The van der Waals surface area contributed by atoms with Crippen molar-refractivity contribution < 1.29 is 4.79 Å². The molecule has 1 amide bonds. The summed E-state index contributed by atoms with van der Waals surface area (Å²) in [5.41, 5.74) is 0. The minimum absolute atomic E-state index is 0.0574. The third-order valence-electron chi connectivity index (χ3n) is 3.68. The molecule has 0 aromatic heterocycles. The van der Waals surface area contributed by atoms with E-state index in [2.05, 4.69) is 39.2 Å². The Morgan fingerprint density at radius 3 is 2.59 bits per heavy atom. The molecule has 1 rings (SSSR count). The number of likely N-dealkylation sites (N-methyl/N-ethyl adjacent to an activating group) is 1. The average molecular weight is 238 g/mol. The molecule has 2 atom stereocenters. The van der Waals surface area contributed by atoms with Crippen molar-refractivity contribution in [2.24, 2.45) is 5.92 Å². The van der Waals surface area contributed by atoms with Gasteiger partial charge < -0.3 is 9.80 Å². The van der Waals surface area contributed by atoms with Crippen molar-refractivity contribution in [3.05, 3.63) is 12.8 Å². The van der Waals surface area contributed by atoms with E-state index in [9.17, 15) is 4.79 Å². The van der Waals surface area contributed by atoms with Gasteiger partial charge in [-0.25, -0.2) is 0 Å². The molecule has 3 nitrogen and oxygen atoms in total. The summed E-state index contributed by atoms with van der Waals surface area (Å²) < 4.78 is 0. The van der Waals surface area contributed by atoms with Crippen molar-refractivity contribution in [1.82, 2.24) is 9.80 Å². The maximum atomic E-state index is 12.6. The van der Waals surface area contributed by atoms with Gasteiger partial charge in [0.15, 0.2) is 0 Å². The monoisotopic (exact) mass is 238 g/mol. The van der Waals surface area contributed by atoms with E-state index in [1.54, 1.807) is 6.20 Å². The number of carbonyl (C=O) groups is 1. The second kappa shape index (κ2) is 6.08. The minimum Gasteiger partial charge on any atom is -0.366 e. The van der Waals surface area contributed by atoms with E-state index in [0.29, 0.717) is 12.0 Å². The van der Waals surface area contributed by atoms with Gasteiger partial charge in [-0.3, -0.25) is 4.79 Å². The Kier molecular flexibility index (Phi) is 5.03. The standard InChI is InChI=1S/C14H26N2O/c1-6-15(7-2)13(11(3)4)14(17)16-10-8-9-12(16)5/h6,11-13H,1,7-10H2,2-5H3. The van der Waals surface area contributed by atoms with Gasteiger partial charge >= 0.3 is 0 Å². The van der Waals surface area contributed by atoms with Crippen LogP contribution in [0, 0.1) is 5.92 Å². The number of rotatable bonds is 5. The van der Waals surface area contributed by atoms with Crippen LogP contribution in [0.15, 0.2) is 12.8 Å². The van der Waals surface area contributed by atoms with Crippen LogP contribution in [-0.2, 0) is 4.79 Å². The van der Waals surface area contributed by atoms with E-state index in [0.717, 1.165) is 25.9 Å². The van der Waals surface area contributed by atoms with E-state index in [1.165, 1.54) is 0 Å². The van der Waals surface area contributed by atoms with Gasteiger partial charge in [0.05, 0.1) is 0 Å². The van der Waals surface area contributed by atoms with Gasteiger partial charge in [0.2, 0.25) is 5.91 Å². The lowest BCUT2D eigenvalue weighted by Gasteiger charge is -2.35. The van der Waals surface area contributed by atoms with Gasteiger partial charge in [-0.2, -0.15) is 0 Å². The molecule has 0 N–H and O–H groups in total. The SMILES string of the molecule is C=CN(CC)C(C(=O)N1CCCC1C)C(C)C. The van der Waals surface area contributed by atoms with E-state index >= 15 is 0 Å². The molecule has 1 heterocycles. The molecule has 0 saturated carbocycles. The van der Waals surface area contributed by atoms with Crippen molar-refractivity contribution in [2.45, 2.75) is 52.6 Å². The maximum absolute atomic E-state index is 12.6. The van der Waals surface area contributed by atoms with Gasteiger partial charge in [-0.1, -0.05) is 20.4 Å². The van der Waals surface area contributed by atoms with Crippen LogP contribution in [0.2, 0.25) is 0 Å². The van der Waals surface area contributed by atoms with Crippen LogP contribution >= 0.6 is 0 Å². The molecule has 0 aliphatic carbocycles. The normalized spacial score (nSPS) is 21.7. The molecule has 2 unspecified atom stereocenters. The summed E-state index contributed by atoms with van der Waals surface area (Å²) in [6, 6.07) is 0.338. The zero-order chi connectivity index (χ0) is 13.0. The molecule has 0 spiro atoms. The number of carbonyl (C=O) groups excluding carboxylic acids is 1. The molecule has 1 aliphatic heterocycles. The van der Waals surface area contributed by atoms with Gasteiger partial charge in [-0.05, 0) is 38.8 Å². The first kappa shape index (κ1) is 14.1. The van der Waals surface area contributed by atoms with Crippen molar-refractivity contribution in [1.29, 1.82) is 0 Å². The van der Waals surface area contributed by atoms with Crippen LogP contribution in [0.3, 0.4) is 0 Å². The van der Waals surface area contributed by atoms with Crippen LogP contribution < -0.4 is 0 Å². The van der Waals surface area contributed by atoms with Crippen LogP contribution in [0.25, 0.3) is 0 Å². The zero-order valence-corrected chi connectivity index (χ0v) is 11.6. The Morgan fingerprint density at radius 2 is 2.24 bits per heavy atom. The van der Waals surface area contributed by atoms with E-state index < -0.39 is 0 Å². The first-order valence-corrected chi connectivity index (χ1v) is 6.71. The molecule has 17 heavy (non-hydrogen) atoms. The summed E-state index contributed by atoms with van der Waals surface area (Å²) in [4.78, 5) is 16.7. The molecule has 0 bridgehead atoms.